The molecule has 0 bridgehead atoms. The van der Waals surface area contributed by atoms with Gasteiger partial charge in [0.25, 0.3) is 0 Å². The van der Waals surface area contributed by atoms with Gasteiger partial charge >= 0.3 is 0 Å². The Balaban J connectivity index is 2.49. The monoisotopic (exact) mass is 244 g/mol. The van der Waals surface area contributed by atoms with Crippen LogP contribution in [0.4, 0.5) is 0 Å². The number of hydrogen-bond donors (Lipinski definition) is 2. The highest BCUT2D eigenvalue weighted by molar-refractivity contribution is 5.79. The first kappa shape index (κ1) is 13.0. The summed E-state index contributed by atoms with van der Waals surface area (Å²) in [5.41, 5.74) is 7.64. The molecule has 0 amide bonds. The van der Waals surface area contributed by atoms with Gasteiger partial charge in [-0.25, -0.2) is 0 Å². The van der Waals surface area contributed by atoms with Crippen LogP contribution < -0.4 is 5.73 Å². The molecule has 3 heteroatoms. The quantitative estimate of drug-likeness (QED) is 0.868. The van der Waals surface area contributed by atoms with E-state index in [0.29, 0.717) is 6.42 Å². The highest BCUT2D eigenvalue weighted by atomic mass is 16.3. The average Bonchev–Trinajstić information content (AvgIpc) is 2.38. The molecule has 2 aromatic rings. The molecule has 0 fully saturated rings. The Kier molecular flexibility index (Phi) is 3.64. The van der Waals surface area contributed by atoms with E-state index in [0.717, 1.165) is 28.6 Å². The van der Waals surface area contributed by atoms with E-state index < -0.39 is 5.60 Å². The summed E-state index contributed by atoms with van der Waals surface area (Å²) in [6, 6.07) is 9.88. The fraction of sp³-hybridized carbons (Fsp3) is 0.400. The molecular weight excluding hydrogens is 224 g/mol. The molecule has 0 aliphatic rings. The smallest absolute Gasteiger partial charge is 0.102 e. The number of pyridine rings is 1. The SMILES string of the molecule is CCCC(O)(CN)c1ccc2nc(C)ccc2c1. The van der Waals surface area contributed by atoms with Gasteiger partial charge in [-0.1, -0.05) is 25.5 Å². The number of aliphatic hydroxyl groups is 1. The normalized spacial score (nSPS) is 14.7. The van der Waals surface area contributed by atoms with Crippen molar-refractivity contribution in [2.75, 3.05) is 6.54 Å². The van der Waals surface area contributed by atoms with Crippen LogP contribution in [-0.4, -0.2) is 16.6 Å². The maximum Gasteiger partial charge on any atom is 0.102 e. The van der Waals surface area contributed by atoms with Gasteiger partial charge in [0, 0.05) is 17.6 Å². The molecule has 18 heavy (non-hydrogen) atoms. The summed E-state index contributed by atoms with van der Waals surface area (Å²) in [5.74, 6) is 0. The lowest BCUT2D eigenvalue weighted by Crippen LogP contribution is -2.34. The third kappa shape index (κ3) is 2.37. The number of nitrogens with zero attached hydrogens (tertiary/aromatic N) is 1. The molecule has 0 radical (unpaired) electrons. The summed E-state index contributed by atoms with van der Waals surface area (Å²) in [7, 11) is 0. The maximum absolute atomic E-state index is 10.6. The van der Waals surface area contributed by atoms with Gasteiger partial charge in [-0.05, 0) is 37.1 Å². The number of aryl methyl sites for hydroxylation is 1. The fourth-order valence-corrected chi connectivity index (χ4v) is 2.29. The Labute approximate surface area is 108 Å². The number of fused-ring (bicyclic) bond motifs is 1. The van der Waals surface area contributed by atoms with Crippen LogP contribution >= 0.6 is 0 Å². The molecule has 0 spiro atoms. The highest BCUT2D eigenvalue weighted by Crippen LogP contribution is 2.28. The van der Waals surface area contributed by atoms with Crippen LogP contribution in [0, 0.1) is 6.92 Å². The summed E-state index contributed by atoms with van der Waals surface area (Å²) < 4.78 is 0. The van der Waals surface area contributed by atoms with Crippen molar-refractivity contribution in [2.24, 2.45) is 5.73 Å². The predicted molar refractivity (Wildman–Crippen MR) is 74.3 cm³/mol. The summed E-state index contributed by atoms with van der Waals surface area (Å²) in [5, 5.41) is 11.6. The van der Waals surface area contributed by atoms with Gasteiger partial charge in [-0.3, -0.25) is 4.98 Å². The average molecular weight is 244 g/mol. The maximum atomic E-state index is 10.6. The summed E-state index contributed by atoms with van der Waals surface area (Å²) in [6.45, 7) is 4.26. The minimum atomic E-state index is -0.923. The van der Waals surface area contributed by atoms with Crippen molar-refractivity contribution < 1.29 is 5.11 Å². The molecule has 1 aromatic carbocycles. The summed E-state index contributed by atoms with van der Waals surface area (Å²) >= 11 is 0. The van der Waals surface area contributed by atoms with Crippen molar-refractivity contribution in [1.29, 1.82) is 0 Å². The van der Waals surface area contributed by atoms with Crippen LogP contribution in [-0.2, 0) is 5.60 Å². The van der Waals surface area contributed by atoms with E-state index in [1.807, 2.05) is 44.2 Å². The lowest BCUT2D eigenvalue weighted by Gasteiger charge is -2.27. The molecule has 2 rings (SSSR count). The summed E-state index contributed by atoms with van der Waals surface area (Å²) in [6.07, 6.45) is 1.58. The van der Waals surface area contributed by atoms with Gasteiger partial charge in [0.15, 0.2) is 0 Å². The Morgan fingerprint density at radius 1 is 1.28 bits per heavy atom. The topological polar surface area (TPSA) is 59.1 Å². The van der Waals surface area contributed by atoms with Crippen LogP contribution in [0.1, 0.15) is 31.0 Å². The van der Waals surface area contributed by atoms with Gasteiger partial charge in [-0.2, -0.15) is 0 Å². The molecule has 96 valence electrons. The molecule has 1 unspecified atom stereocenters. The van der Waals surface area contributed by atoms with Crippen molar-refractivity contribution >= 4 is 10.9 Å². The zero-order valence-corrected chi connectivity index (χ0v) is 11.0. The first-order valence-electron chi connectivity index (χ1n) is 6.39. The van der Waals surface area contributed by atoms with Gasteiger partial charge in [-0.15, -0.1) is 0 Å². The Morgan fingerprint density at radius 2 is 2.06 bits per heavy atom. The first-order valence-corrected chi connectivity index (χ1v) is 6.39. The van der Waals surface area contributed by atoms with E-state index in [2.05, 4.69) is 4.98 Å². The number of rotatable bonds is 4. The Bertz CT molecular complexity index is 553. The van der Waals surface area contributed by atoms with Crippen molar-refractivity contribution in [3.63, 3.8) is 0 Å². The molecule has 0 saturated heterocycles. The third-order valence-corrected chi connectivity index (χ3v) is 3.37. The van der Waals surface area contributed by atoms with E-state index in [9.17, 15) is 5.11 Å². The minimum absolute atomic E-state index is 0.242. The molecule has 3 N–H and O–H groups in total. The van der Waals surface area contributed by atoms with Crippen LogP contribution in [0.3, 0.4) is 0 Å². The van der Waals surface area contributed by atoms with E-state index >= 15 is 0 Å². The zero-order chi connectivity index (χ0) is 13.2. The molecule has 1 atom stereocenters. The van der Waals surface area contributed by atoms with Crippen LogP contribution in [0.25, 0.3) is 10.9 Å². The molecule has 3 nitrogen and oxygen atoms in total. The summed E-state index contributed by atoms with van der Waals surface area (Å²) in [4.78, 5) is 4.46. The second-order valence-electron chi connectivity index (χ2n) is 4.85. The molecule has 0 aliphatic carbocycles. The molecule has 0 aliphatic heterocycles. The van der Waals surface area contributed by atoms with E-state index in [-0.39, 0.29) is 6.54 Å². The highest BCUT2D eigenvalue weighted by Gasteiger charge is 2.26. The van der Waals surface area contributed by atoms with Crippen molar-refractivity contribution in [2.45, 2.75) is 32.3 Å². The molecular formula is C15H20N2O. The number of benzene rings is 1. The zero-order valence-electron chi connectivity index (χ0n) is 11.0. The van der Waals surface area contributed by atoms with Crippen LogP contribution in [0.5, 0.6) is 0 Å². The van der Waals surface area contributed by atoms with Gasteiger partial charge in [0.05, 0.1) is 5.52 Å². The van der Waals surface area contributed by atoms with Gasteiger partial charge in [0.1, 0.15) is 5.60 Å². The largest absolute Gasteiger partial charge is 0.384 e. The van der Waals surface area contributed by atoms with Gasteiger partial charge < -0.3 is 10.8 Å². The van der Waals surface area contributed by atoms with E-state index in [4.69, 9.17) is 5.73 Å². The van der Waals surface area contributed by atoms with E-state index in [1.54, 1.807) is 0 Å². The van der Waals surface area contributed by atoms with Crippen molar-refractivity contribution in [1.82, 2.24) is 4.98 Å². The molecule has 1 heterocycles. The van der Waals surface area contributed by atoms with Crippen LogP contribution in [0.15, 0.2) is 30.3 Å². The Morgan fingerprint density at radius 3 is 2.72 bits per heavy atom. The lowest BCUT2D eigenvalue weighted by molar-refractivity contribution is 0.0361. The molecule has 1 aromatic heterocycles. The number of aromatic nitrogens is 1. The van der Waals surface area contributed by atoms with Crippen molar-refractivity contribution in [3.05, 3.63) is 41.6 Å². The predicted octanol–water partition coefficient (Wildman–Crippen LogP) is 2.49. The standard InChI is InChI=1S/C15H20N2O/c1-3-8-15(18,10-16)13-6-7-14-12(9-13)5-4-11(2)17-14/h4-7,9,18H,3,8,10,16H2,1-2H3. The number of nitrogens with two attached hydrogens (primary N) is 1. The minimum Gasteiger partial charge on any atom is -0.384 e. The third-order valence-electron chi connectivity index (χ3n) is 3.37. The van der Waals surface area contributed by atoms with Gasteiger partial charge in [0.2, 0.25) is 0 Å². The second-order valence-corrected chi connectivity index (χ2v) is 4.85. The number of hydrogen-bond acceptors (Lipinski definition) is 3. The second kappa shape index (κ2) is 5.04. The Hall–Kier alpha value is -1.45. The van der Waals surface area contributed by atoms with E-state index in [1.165, 1.54) is 0 Å². The first-order chi connectivity index (χ1) is 8.59. The fourth-order valence-electron chi connectivity index (χ4n) is 2.29. The van der Waals surface area contributed by atoms with Crippen LogP contribution in [0.2, 0.25) is 0 Å². The lowest BCUT2D eigenvalue weighted by atomic mass is 9.88. The van der Waals surface area contributed by atoms with Crippen molar-refractivity contribution in [3.8, 4) is 0 Å². The molecule has 0 saturated carbocycles.